The predicted octanol–water partition coefficient (Wildman–Crippen LogP) is 5.10. The van der Waals surface area contributed by atoms with Gasteiger partial charge in [0.15, 0.2) is 5.11 Å². The number of nitrogens with zero attached hydrogens (tertiary/aromatic N) is 1. The molecule has 1 amide bonds. The van der Waals surface area contributed by atoms with Gasteiger partial charge in [-0.3, -0.25) is 10.1 Å². The van der Waals surface area contributed by atoms with Gasteiger partial charge in [0.05, 0.1) is 0 Å². The number of hydrogen-bond acceptors (Lipinski definition) is 3. The number of fused-ring (bicyclic) bond motifs is 1. The van der Waals surface area contributed by atoms with Crippen molar-refractivity contribution in [2.45, 2.75) is 0 Å². The molecule has 0 bridgehead atoms. The van der Waals surface area contributed by atoms with E-state index in [0.29, 0.717) is 11.4 Å². The van der Waals surface area contributed by atoms with Crippen LogP contribution < -0.4 is 15.4 Å². The Balaban J connectivity index is 1.43. The Kier molecular flexibility index (Phi) is 5.27. The molecule has 0 saturated carbocycles. The third-order valence-electron chi connectivity index (χ3n) is 4.48. The van der Waals surface area contributed by atoms with Gasteiger partial charge in [-0.05, 0) is 48.6 Å². The summed E-state index contributed by atoms with van der Waals surface area (Å²) in [5.74, 6) is 1.15. The lowest BCUT2D eigenvalue weighted by molar-refractivity contribution is 0.0970. The second-order valence-corrected chi connectivity index (χ2v) is 6.91. The summed E-state index contributed by atoms with van der Waals surface area (Å²) in [6, 6.07) is 26.6. The van der Waals surface area contributed by atoms with E-state index >= 15 is 0 Å². The number of thiocarbonyl (C=S) groups is 1. The number of ether oxygens (including phenoxy) is 1. The van der Waals surface area contributed by atoms with Crippen LogP contribution in [0.4, 0.5) is 5.69 Å². The number of rotatable bonds is 4. The van der Waals surface area contributed by atoms with Gasteiger partial charge in [-0.25, -0.2) is 0 Å². The van der Waals surface area contributed by atoms with Gasteiger partial charge in [-0.2, -0.15) is 0 Å². The van der Waals surface area contributed by atoms with Crippen molar-refractivity contribution in [2.24, 2.45) is 7.05 Å². The molecule has 0 aliphatic rings. The SMILES string of the molecule is Cn1c(C(=O)NC(=S)Nc2cccc(Oc3ccccc3)c2)cc2ccccc21. The number of carbonyl (C=O) groups excluding carboxylic acids is 1. The van der Waals surface area contributed by atoms with Gasteiger partial charge in [0, 0.05) is 29.7 Å². The number of nitrogens with one attached hydrogen (secondary N) is 2. The van der Waals surface area contributed by atoms with Crippen molar-refractivity contribution >= 4 is 39.8 Å². The lowest BCUT2D eigenvalue weighted by Crippen LogP contribution is -2.35. The second-order valence-electron chi connectivity index (χ2n) is 6.50. The normalized spacial score (nSPS) is 10.5. The minimum Gasteiger partial charge on any atom is -0.457 e. The monoisotopic (exact) mass is 401 g/mol. The Morgan fingerprint density at radius 3 is 2.41 bits per heavy atom. The molecule has 0 fully saturated rings. The topological polar surface area (TPSA) is 55.3 Å². The molecule has 0 radical (unpaired) electrons. The van der Waals surface area contributed by atoms with Gasteiger partial charge in [0.1, 0.15) is 17.2 Å². The van der Waals surface area contributed by atoms with Crippen molar-refractivity contribution in [2.75, 3.05) is 5.32 Å². The number of carbonyl (C=O) groups is 1. The molecule has 3 aromatic carbocycles. The Bertz CT molecular complexity index is 1190. The van der Waals surface area contributed by atoms with E-state index in [-0.39, 0.29) is 11.0 Å². The summed E-state index contributed by atoms with van der Waals surface area (Å²) in [5.41, 5.74) is 2.25. The smallest absolute Gasteiger partial charge is 0.274 e. The molecule has 0 spiro atoms. The molecule has 29 heavy (non-hydrogen) atoms. The highest BCUT2D eigenvalue weighted by Gasteiger charge is 2.14. The van der Waals surface area contributed by atoms with Crippen molar-refractivity contribution < 1.29 is 9.53 Å². The fourth-order valence-electron chi connectivity index (χ4n) is 3.10. The van der Waals surface area contributed by atoms with Crippen molar-refractivity contribution in [1.82, 2.24) is 9.88 Å². The summed E-state index contributed by atoms with van der Waals surface area (Å²) in [4.78, 5) is 12.7. The van der Waals surface area contributed by atoms with E-state index in [9.17, 15) is 4.79 Å². The second kappa shape index (κ2) is 8.16. The maximum absolute atomic E-state index is 12.7. The lowest BCUT2D eigenvalue weighted by atomic mass is 10.2. The molecule has 0 atom stereocenters. The third kappa shape index (κ3) is 4.28. The van der Waals surface area contributed by atoms with Crippen LogP contribution in [0.1, 0.15) is 10.5 Å². The van der Waals surface area contributed by atoms with Crippen molar-refractivity contribution in [1.29, 1.82) is 0 Å². The zero-order valence-corrected chi connectivity index (χ0v) is 16.6. The molecule has 5 nitrogen and oxygen atoms in total. The average Bonchev–Trinajstić information content (AvgIpc) is 3.06. The number of amides is 1. The molecule has 0 unspecified atom stereocenters. The molecular formula is C23H19N3O2S. The Labute approximate surface area is 173 Å². The molecule has 1 aromatic heterocycles. The standard InChI is InChI=1S/C23H19N3O2S/c1-26-20-13-6-5-8-16(20)14-21(26)22(27)25-23(29)24-17-9-7-12-19(15-17)28-18-10-3-2-4-11-18/h2-15H,1H3,(H2,24,25,27,29). The van der Waals surface area contributed by atoms with Crippen molar-refractivity contribution in [3.05, 3.63) is 90.6 Å². The van der Waals surface area contributed by atoms with Gasteiger partial charge >= 0.3 is 0 Å². The van der Waals surface area contributed by atoms with Crippen LogP contribution in [0.2, 0.25) is 0 Å². The highest BCUT2D eigenvalue weighted by molar-refractivity contribution is 7.80. The Morgan fingerprint density at radius 1 is 0.897 bits per heavy atom. The molecule has 4 aromatic rings. The average molecular weight is 401 g/mol. The summed E-state index contributed by atoms with van der Waals surface area (Å²) < 4.78 is 7.68. The maximum atomic E-state index is 12.7. The highest BCUT2D eigenvalue weighted by atomic mass is 32.1. The number of aromatic nitrogens is 1. The van der Waals surface area contributed by atoms with Crippen LogP contribution >= 0.6 is 12.2 Å². The number of aryl methyl sites for hydroxylation is 1. The summed E-state index contributed by atoms with van der Waals surface area (Å²) in [7, 11) is 1.86. The first kappa shape index (κ1) is 18.7. The molecule has 0 aliphatic heterocycles. The van der Waals surface area contributed by atoms with E-state index < -0.39 is 0 Å². The molecule has 6 heteroatoms. The summed E-state index contributed by atoms with van der Waals surface area (Å²) >= 11 is 5.32. The molecule has 0 aliphatic carbocycles. The first-order chi connectivity index (χ1) is 14.1. The van der Waals surface area contributed by atoms with Gasteiger partial charge < -0.3 is 14.6 Å². The number of anilines is 1. The van der Waals surface area contributed by atoms with Crippen LogP contribution in [0.3, 0.4) is 0 Å². The molecule has 0 saturated heterocycles. The first-order valence-corrected chi connectivity index (χ1v) is 9.51. The van der Waals surface area contributed by atoms with E-state index in [1.54, 1.807) is 0 Å². The van der Waals surface area contributed by atoms with Gasteiger partial charge in [-0.15, -0.1) is 0 Å². The van der Waals surface area contributed by atoms with E-state index in [1.165, 1.54) is 0 Å². The molecule has 4 rings (SSSR count). The largest absolute Gasteiger partial charge is 0.457 e. The van der Waals surface area contributed by atoms with Crippen LogP contribution in [0.15, 0.2) is 84.9 Å². The first-order valence-electron chi connectivity index (χ1n) is 9.10. The van der Waals surface area contributed by atoms with E-state index in [4.69, 9.17) is 17.0 Å². The van der Waals surface area contributed by atoms with E-state index in [1.807, 2.05) is 96.5 Å². The minimum atomic E-state index is -0.266. The molecule has 2 N–H and O–H groups in total. The minimum absolute atomic E-state index is 0.220. The number of benzene rings is 3. The van der Waals surface area contributed by atoms with Gasteiger partial charge in [0.25, 0.3) is 5.91 Å². The highest BCUT2D eigenvalue weighted by Crippen LogP contribution is 2.24. The van der Waals surface area contributed by atoms with Crippen LogP contribution in [0.25, 0.3) is 10.9 Å². The molecular weight excluding hydrogens is 382 g/mol. The number of para-hydroxylation sites is 2. The quantitative estimate of drug-likeness (QED) is 0.467. The summed E-state index contributed by atoms with van der Waals surface area (Å²) in [6.45, 7) is 0. The van der Waals surface area contributed by atoms with Crippen molar-refractivity contribution in [3.63, 3.8) is 0 Å². The molecule has 144 valence electrons. The number of hydrogen-bond donors (Lipinski definition) is 2. The zero-order chi connectivity index (χ0) is 20.2. The Hall–Kier alpha value is -3.64. The Morgan fingerprint density at radius 2 is 1.62 bits per heavy atom. The predicted molar refractivity (Wildman–Crippen MR) is 120 cm³/mol. The van der Waals surface area contributed by atoms with Crippen LogP contribution in [-0.2, 0) is 7.05 Å². The van der Waals surface area contributed by atoms with Gasteiger partial charge in [0.2, 0.25) is 0 Å². The van der Waals surface area contributed by atoms with E-state index in [0.717, 1.165) is 22.3 Å². The maximum Gasteiger partial charge on any atom is 0.274 e. The lowest BCUT2D eigenvalue weighted by Gasteiger charge is -2.12. The third-order valence-corrected chi connectivity index (χ3v) is 4.69. The fraction of sp³-hybridized carbons (Fsp3) is 0.0435. The fourth-order valence-corrected chi connectivity index (χ4v) is 3.31. The van der Waals surface area contributed by atoms with Crippen LogP contribution in [-0.4, -0.2) is 15.6 Å². The van der Waals surface area contributed by atoms with Crippen molar-refractivity contribution in [3.8, 4) is 11.5 Å². The summed E-state index contributed by atoms with van der Waals surface area (Å²) in [6.07, 6.45) is 0. The van der Waals surface area contributed by atoms with Crippen LogP contribution in [0.5, 0.6) is 11.5 Å². The molecule has 1 heterocycles. The van der Waals surface area contributed by atoms with Crippen LogP contribution in [0, 0.1) is 0 Å². The van der Waals surface area contributed by atoms with Gasteiger partial charge in [-0.1, -0.05) is 42.5 Å². The summed E-state index contributed by atoms with van der Waals surface area (Å²) in [5, 5.41) is 6.99. The van der Waals surface area contributed by atoms with E-state index in [2.05, 4.69) is 10.6 Å². The zero-order valence-electron chi connectivity index (χ0n) is 15.8.